The maximum absolute atomic E-state index is 13.6. The Bertz CT molecular complexity index is 680. The van der Waals surface area contributed by atoms with Crippen LogP contribution in [0.25, 0.3) is 0 Å². The highest BCUT2D eigenvalue weighted by Crippen LogP contribution is 2.31. The number of likely N-dealkylation sites (tertiary alicyclic amines) is 1. The van der Waals surface area contributed by atoms with Crippen LogP contribution in [0.2, 0.25) is 0 Å². The van der Waals surface area contributed by atoms with E-state index in [1.54, 1.807) is 12.1 Å². The Balaban J connectivity index is 1.90. The van der Waals surface area contributed by atoms with E-state index >= 15 is 0 Å². The Morgan fingerprint density at radius 2 is 2.13 bits per heavy atom. The molecule has 0 bridgehead atoms. The van der Waals surface area contributed by atoms with Crippen molar-refractivity contribution in [3.05, 3.63) is 59.2 Å². The van der Waals surface area contributed by atoms with Crippen LogP contribution in [-0.4, -0.2) is 22.3 Å². The zero-order valence-electron chi connectivity index (χ0n) is 13.5. The van der Waals surface area contributed by atoms with Gasteiger partial charge in [-0.25, -0.2) is 4.39 Å². The lowest BCUT2D eigenvalue weighted by molar-refractivity contribution is 0.0675. The summed E-state index contributed by atoms with van der Waals surface area (Å²) in [5.74, 6) is -0.229. The number of nitrogens with zero attached hydrogens (tertiary/aromatic N) is 1. The second kappa shape index (κ2) is 6.99. The number of carbonyl (C=O) groups excluding carboxylic acids is 1. The van der Waals surface area contributed by atoms with Crippen molar-refractivity contribution in [1.29, 1.82) is 0 Å². The standard InChI is InChI=1S/C19H23FN2O/c1-2-16-10-11-17(21-16)19(23)22-12-5-3-4-9-18(22)14-7-6-8-15(20)13-14/h6-8,10-11,13,18,21H,2-5,9,12H2,1H3. The van der Waals surface area contributed by atoms with E-state index in [-0.39, 0.29) is 17.8 Å². The minimum atomic E-state index is -0.243. The minimum Gasteiger partial charge on any atom is -0.354 e. The molecule has 23 heavy (non-hydrogen) atoms. The molecule has 1 atom stereocenters. The number of hydrogen-bond donors (Lipinski definition) is 1. The molecule has 0 aliphatic carbocycles. The van der Waals surface area contributed by atoms with E-state index in [1.807, 2.05) is 23.1 Å². The van der Waals surface area contributed by atoms with Crippen molar-refractivity contribution >= 4 is 5.91 Å². The molecule has 2 heterocycles. The first kappa shape index (κ1) is 15.8. The first-order valence-corrected chi connectivity index (χ1v) is 8.43. The van der Waals surface area contributed by atoms with Gasteiger partial charge in [0.2, 0.25) is 0 Å². The van der Waals surface area contributed by atoms with Gasteiger partial charge in [-0.2, -0.15) is 0 Å². The van der Waals surface area contributed by atoms with Gasteiger partial charge >= 0.3 is 0 Å². The Morgan fingerprint density at radius 1 is 1.26 bits per heavy atom. The van der Waals surface area contributed by atoms with E-state index in [0.717, 1.165) is 49.9 Å². The summed E-state index contributed by atoms with van der Waals surface area (Å²) in [6, 6.07) is 10.4. The quantitative estimate of drug-likeness (QED) is 0.891. The van der Waals surface area contributed by atoms with Crippen molar-refractivity contribution in [3.8, 4) is 0 Å². The monoisotopic (exact) mass is 314 g/mol. The zero-order valence-corrected chi connectivity index (χ0v) is 13.5. The van der Waals surface area contributed by atoms with E-state index in [1.165, 1.54) is 6.07 Å². The first-order chi connectivity index (χ1) is 11.2. The molecular formula is C19H23FN2O. The second-order valence-corrected chi connectivity index (χ2v) is 6.17. The van der Waals surface area contributed by atoms with Gasteiger partial charge in [0, 0.05) is 12.2 Å². The summed E-state index contributed by atoms with van der Waals surface area (Å²) in [6.45, 7) is 2.78. The van der Waals surface area contributed by atoms with Crippen molar-refractivity contribution in [3.63, 3.8) is 0 Å². The van der Waals surface area contributed by atoms with Crippen LogP contribution in [0.3, 0.4) is 0 Å². The van der Waals surface area contributed by atoms with Crippen molar-refractivity contribution in [2.45, 2.75) is 45.1 Å². The predicted molar refractivity (Wildman–Crippen MR) is 88.8 cm³/mol. The van der Waals surface area contributed by atoms with E-state index in [2.05, 4.69) is 11.9 Å². The molecule has 1 aromatic heterocycles. The van der Waals surface area contributed by atoms with Gasteiger partial charge in [-0.1, -0.05) is 31.9 Å². The van der Waals surface area contributed by atoms with Crippen molar-refractivity contribution < 1.29 is 9.18 Å². The summed E-state index contributed by atoms with van der Waals surface area (Å²) in [6.07, 6.45) is 4.94. The zero-order chi connectivity index (χ0) is 16.2. The molecule has 1 amide bonds. The maximum Gasteiger partial charge on any atom is 0.270 e. The van der Waals surface area contributed by atoms with Gasteiger partial charge in [0.25, 0.3) is 5.91 Å². The maximum atomic E-state index is 13.6. The van der Waals surface area contributed by atoms with Crippen LogP contribution in [-0.2, 0) is 6.42 Å². The molecule has 0 spiro atoms. The molecule has 1 aliphatic heterocycles. The highest BCUT2D eigenvalue weighted by atomic mass is 19.1. The number of benzene rings is 1. The van der Waals surface area contributed by atoms with Gasteiger partial charge in [0.05, 0.1) is 6.04 Å². The number of carbonyl (C=O) groups is 1. The van der Waals surface area contributed by atoms with Gasteiger partial charge < -0.3 is 9.88 Å². The third-order valence-electron chi connectivity index (χ3n) is 4.60. The van der Waals surface area contributed by atoms with E-state index in [0.29, 0.717) is 5.69 Å². The number of amides is 1. The molecule has 1 aliphatic rings. The number of rotatable bonds is 3. The highest BCUT2D eigenvalue weighted by Gasteiger charge is 2.28. The summed E-state index contributed by atoms with van der Waals surface area (Å²) < 4.78 is 13.6. The molecule has 3 rings (SSSR count). The van der Waals surface area contributed by atoms with Crippen LogP contribution in [0.15, 0.2) is 36.4 Å². The van der Waals surface area contributed by atoms with Crippen molar-refractivity contribution in [2.75, 3.05) is 6.54 Å². The molecular weight excluding hydrogens is 291 g/mol. The van der Waals surface area contributed by atoms with E-state index < -0.39 is 0 Å². The lowest BCUT2D eigenvalue weighted by atomic mass is 10.0. The van der Waals surface area contributed by atoms with Crippen molar-refractivity contribution in [2.24, 2.45) is 0 Å². The third kappa shape index (κ3) is 3.46. The fraction of sp³-hybridized carbons (Fsp3) is 0.421. The minimum absolute atomic E-state index is 0.0147. The molecule has 1 N–H and O–H groups in total. The molecule has 0 saturated carbocycles. The first-order valence-electron chi connectivity index (χ1n) is 8.43. The predicted octanol–water partition coefficient (Wildman–Crippen LogP) is 4.47. The highest BCUT2D eigenvalue weighted by molar-refractivity contribution is 5.93. The molecule has 1 fully saturated rings. The summed E-state index contributed by atoms with van der Waals surface area (Å²) in [4.78, 5) is 18.1. The van der Waals surface area contributed by atoms with Crippen LogP contribution in [0.4, 0.5) is 4.39 Å². The summed E-state index contributed by atoms with van der Waals surface area (Å²) >= 11 is 0. The SMILES string of the molecule is CCc1ccc(C(=O)N2CCCCCC2c2cccc(F)c2)[nH]1. The lowest BCUT2D eigenvalue weighted by Gasteiger charge is -2.30. The molecule has 4 heteroatoms. The average Bonchev–Trinajstić information content (AvgIpc) is 2.91. The molecule has 1 aromatic carbocycles. The molecule has 122 valence electrons. The Hall–Kier alpha value is -2.10. The lowest BCUT2D eigenvalue weighted by Crippen LogP contribution is -2.35. The summed E-state index contributed by atoms with van der Waals surface area (Å²) in [5, 5.41) is 0. The smallest absolute Gasteiger partial charge is 0.270 e. The molecule has 3 nitrogen and oxygen atoms in total. The Morgan fingerprint density at radius 3 is 2.87 bits per heavy atom. The third-order valence-corrected chi connectivity index (χ3v) is 4.60. The number of nitrogens with one attached hydrogen (secondary N) is 1. The van der Waals surface area contributed by atoms with Crippen LogP contribution < -0.4 is 0 Å². The van der Waals surface area contributed by atoms with Gasteiger partial charge in [0.15, 0.2) is 0 Å². The number of aryl methyl sites for hydroxylation is 1. The van der Waals surface area contributed by atoms with Crippen LogP contribution >= 0.6 is 0 Å². The Labute approximate surface area is 136 Å². The topological polar surface area (TPSA) is 36.1 Å². The van der Waals surface area contributed by atoms with Gasteiger partial charge in [-0.15, -0.1) is 0 Å². The number of aromatic amines is 1. The normalized spacial score (nSPS) is 18.7. The largest absolute Gasteiger partial charge is 0.354 e. The van der Waals surface area contributed by atoms with Crippen LogP contribution in [0.1, 0.15) is 60.4 Å². The fourth-order valence-corrected chi connectivity index (χ4v) is 3.34. The molecule has 0 radical (unpaired) electrons. The Kier molecular flexibility index (Phi) is 4.79. The molecule has 1 unspecified atom stereocenters. The summed E-state index contributed by atoms with van der Waals surface area (Å²) in [5.41, 5.74) is 2.58. The number of H-pyrrole nitrogens is 1. The van der Waals surface area contributed by atoms with Gasteiger partial charge in [-0.3, -0.25) is 4.79 Å². The molecule has 1 saturated heterocycles. The average molecular weight is 314 g/mol. The van der Waals surface area contributed by atoms with Gasteiger partial charge in [0.1, 0.15) is 11.5 Å². The van der Waals surface area contributed by atoms with Crippen LogP contribution in [0, 0.1) is 5.82 Å². The summed E-state index contributed by atoms with van der Waals surface area (Å²) in [7, 11) is 0. The number of hydrogen-bond acceptors (Lipinski definition) is 1. The van der Waals surface area contributed by atoms with Crippen molar-refractivity contribution in [1.82, 2.24) is 9.88 Å². The van der Waals surface area contributed by atoms with E-state index in [9.17, 15) is 9.18 Å². The fourth-order valence-electron chi connectivity index (χ4n) is 3.34. The second-order valence-electron chi connectivity index (χ2n) is 6.17. The van der Waals surface area contributed by atoms with Crippen LogP contribution in [0.5, 0.6) is 0 Å². The van der Waals surface area contributed by atoms with Gasteiger partial charge in [-0.05, 0) is 49.1 Å². The van der Waals surface area contributed by atoms with E-state index in [4.69, 9.17) is 0 Å². The number of halogens is 1. The molecule has 2 aromatic rings. The number of aromatic nitrogens is 1.